The number of hydrogen-bond acceptors (Lipinski definition) is 4. The number of nitrogens with zero attached hydrogens (tertiary/aromatic N) is 3. The second kappa shape index (κ2) is 6.24. The molecule has 0 aromatic carbocycles. The standard InChI is InChI=1S/C13H24N4O2S/c1-16(2)12-6-4-11(5-7-12)8-15-20(18,19)13-9-17(3)10-14-13/h9-12,15H,4-8H2,1-3H3. The summed E-state index contributed by atoms with van der Waals surface area (Å²) < 4.78 is 28.5. The average Bonchev–Trinajstić information content (AvgIpc) is 2.84. The number of sulfonamides is 1. The number of nitrogens with one attached hydrogen (secondary N) is 1. The third-order valence-corrected chi connectivity index (χ3v) is 5.37. The number of imidazole rings is 1. The fourth-order valence-electron chi connectivity index (χ4n) is 2.69. The second-order valence-corrected chi connectivity index (χ2v) is 7.58. The zero-order valence-corrected chi connectivity index (χ0v) is 13.2. The van der Waals surface area contributed by atoms with E-state index in [-0.39, 0.29) is 5.03 Å². The van der Waals surface area contributed by atoms with Crippen LogP contribution in [-0.4, -0.2) is 49.6 Å². The van der Waals surface area contributed by atoms with Crippen LogP contribution in [0.2, 0.25) is 0 Å². The van der Waals surface area contributed by atoms with E-state index in [4.69, 9.17) is 0 Å². The SMILES string of the molecule is CN(C)C1CCC(CNS(=O)(=O)c2cn(C)cn2)CC1. The van der Waals surface area contributed by atoms with Gasteiger partial charge in [-0.25, -0.2) is 18.1 Å². The number of rotatable bonds is 5. The van der Waals surface area contributed by atoms with Crippen molar-refractivity contribution in [1.29, 1.82) is 0 Å². The highest BCUT2D eigenvalue weighted by Gasteiger charge is 2.24. The molecule has 0 bridgehead atoms. The van der Waals surface area contributed by atoms with Crippen molar-refractivity contribution < 1.29 is 8.42 Å². The zero-order chi connectivity index (χ0) is 14.8. The normalized spacial score (nSPS) is 24.2. The van der Waals surface area contributed by atoms with E-state index in [2.05, 4.69) is 28.7 Å². The Morgan fingerprint density at radius 1 is 1.35 bits per heavy atom. The Bertz CT molecular complexity index is 530. The fraction of sp³-hybridized carbons (Fsp3) is 0.769. The van der Waals surface area contributed by atoms with Gasteiger partial charge in [-0.2, -0.15) is 0 Å². The predicted molar refractivity (Wildman–Crippen MR) is 77.8 cm³/mol. The molecule has 0 spiro atoms. The Labute approximate surface area is 121 Å². The molecule has 1 N–H and O–H groups in total. The summed E-state index contributed by atoms with van der Waals surface area (Å²) in [6.07, 6.45) is 7.45. The van der Waals surface area contributed by atoms with Crippen molar-refractivity contribution in [3.8, 4) is 0 Å². The van der Waals surface area contributed by atoms with Gasteiger partial charge in [-0.15, -0.1) is 0 Å². The lowest BCUT2D eigenvalue weighted by atomic mass is 9.86. The summed E-state index contributed by atoms with van der Waals surface area (Å²) in [5.41, 5.74) is 0. The lowest BCUT2D eigenvalue weighted by Gasteiger charge is -2.32. The molecule has 114 valence electrons. The van der Waals surface area contributed by atoms with E-state index in [1.165, 1.54) is 12.5 Å². The van der Waals surface area contributed by atoms with E-state index < -0.39 is 10.0 Å². The quantitative estimate of drug-likeness (QED) is 0.874. The Balaban J connectivity index is 1.84. The van der Waals surface area contributed by atoms with Crippen molar-refractivity contribution in [2.45, 2.75) is 36.8 Å². The largest absolute Gasteiger partial charge is 0.339 e. The maximum atomic E-state index is 12.1. The summed E-state index contributed by atoms with van der Waals surface area (Å²) >= 11 is 0. The monoisotopic (exact) mass is 300 g/mol. The van der Waals surface area contributed by atoms with Crippen LogP contribution in [0.1, 0.15) is 25.7 Å². The second-order valence-electron chi connectivity index (χ2n) is 5.87. The molecule has 6 nitrogen and oxygen atoms in total. The van der Waals surface area contributed by atoms with Gasteiger partial charge in [-0.05, 0) is 45.7 Å². The molecule has 0 radical (unpaired) electrons. The lowest BCUT2D eigenvalue weighted by molar-refractivity contribution is 0.194. The van der Waals surface area contributed by atoms with Gasteiger partial charge in [0.25, 0.3) is 10.0 Å². The van der Waals surface area contributed by atoms with Gasteiger partial charge >= 0.3 is 0 Å². The summed E-state index contributed by atoms with van der Waals surface area (Å²) in [6, 6.07) is 0.638. The van der Waals surface area contributed by atoms with Crippen LogP contribution in [0.15, 0.2) is 17.6 Å². The van der Waals surface area contributed by atoms with Crippen molar-refractivity contribution in [2.24, 2.45) is 13.0 Å². The van der Waals surface area contributed by atoms with Crippen LogP contribution in [0.3, 0.4) is 0 Å². The summed E-state index contributed by atoms with van der Waals surface area (Å²) in [7, 11) is 2.51. The molecule has 1 aromatic heterocycles. The molecule has 0 saturated heterocycles. The van der Waals surface area contributed by atoms with Gasteiger partial charge in [0.15, 0.2) is 5.03 Å². The maximum absolute atomic E-state index is 12.1. The Morgan fingerprint density at radius 2 is 2.00 bits per heavy atom. The topological polar surface area (TPSA) is 67.2 Å². The molecular formula is C13H24N4O2S. The van der Waals surface area contributed by atoms with Crippen LogP contribution in [0.25, 0.3) is 0 Å². The first-order valence-corrected chi connectivity index (χ1v) is 8.51. The Hall–Kier alpha value is -0.920. The summed E-state index contributed by atoms with van der Waals surface area (Å²) in [6.45, 7) is 0.513. The molecule has 1 saturated carbocycles. The molecule has 0 aliphatic heterocycles. The molecule has 1 heterocycles. The van der Waals surface area contributed by atoms with Gasteiger partial charge < -0.3 is 9.47 Å². The first kappa shape index (κ1) is 15.5. The molecule has 0 unspecified atom stereocenters. The van der Waals surface area contributed by atoms with E-state index in [9.17, 15) is 8.42 Å². The highest BCUT2D eigenvalue weighted by atomic mass is 32.2. The molecule has 1 fully saturated rings. The van der Waals surface area contributed by atoms with Gasteiger partial charge in [-0.3, -0.25) is 0 Å². The highest BCUT2D eigenvalue weighted by molar-refractivity contribution is 7.89. The van der Waals surface area contributed by atoms with Crippen LogP contribution in [-0.2, 0) is 17.1 Å². The van der Waals surface area contributed by atoms with E-state index in [0.717, 1.165) is 25.7 Å². The van der Waals surface area contributed by atoms with Crippen LogP contribution in [0.5, 0.6) is 0 Å². The van der Waals surface area contributed by atoms with E-state index >= 15 is 0 Å². The zero-order valence-electron chi connectivity index (χ0n) is 12.4. The van der Waals surface area contributed by atoms with Crippen molar-refractivity contribution in [1.82, 2.24) is 19.2 Å². The minimum absolute atomic E-state index is 0.0991. The van der Waals surface area contributed by atoms with Gasteiger partial charge in [0.1, 0.15) is 0 Å². The molecular weight excluding hydrogens is 276 g/mol. The van der Waals surface area contributed by atoms with Crippen LogP contribution in [0, 0.1) is 5.92 Å². The fourth-order valence-corrected chi connectivity index (χ4v) is 3.79. The Morgan fingerprint density at radius 3 is 2.50 bits per heavy atom. The molecule has 0 amide bonds. The molecule has 0 atom stereocenters. The lowest BCUT2D eigenvalue weighted by Crippen LogP contribution is -2.36. The highest BCUT2D eigenvalue weighted by Crippen LogP contribution is 2.26. The minimum Gasteiger partial charge on any atom is -0.339 e. The molecule has 7 heteroatoms. The third kappa shape index (κ3) is 3.80. The van der Waals surface area contributed by atoms with E-state index in [1.807, 2.05) is 0 Å². The van der Waals surface area contributed by atoms with Crippen LogP contribution >= 0.6 is 0 Å². The molecule has 20 heavy (non-hydrogen) atoms. The van der Waals surface area contributed by atoms with Gasteiger partial charge in [-0.1, -0.05) is 0 Å². The molecule has 1 aromatic rings. The third-order valence-electron chi connectivity index (χ3n) is 4.07. The van der Waals surface area contributed by atoms with Gasteiger partial charge in [0.2, 0.25) is 0 Å². The first-order valence-electron chi connectivity index (χ1n) is 7.02. The maximum Gasteiger partial charge on any atom is 0.259 e. The van der Waals surface area contributed by atoms with Gasteiger partial charge in [0.05, 0.1) is 6.33 Å². The van der Waals surface area contributed by atoms with E-state index in [1.54, 1.807) is 11.6 Å². The van der Waals surface area contributed by atoms with Crippen molar-refractivity contribution in [2.75, 3.05) is 20.6 Å². The van der Waals surface area contributed by atoms with Crippen molar-refractivity contribution >= 4 is 10.0 Å². The predicted octanol–water partition coefficient (Wildman–Crippen LogP) is 0.819. The minimum atomic E-state index is -3.46. The molecule has 2 rings (SSSR count). The van der Waals surface area contributed by atoms with Crippen molar-refractivity contribution in [3.05, 3.63) is 12.5 Å². The number of aryl methyl sites for hydroxylation is 1. The van der Waals surface area contributed by atoms with Gasteiger partial charge in [0, 0.05) is 25.8 Å². The number of hydrogen-bond donors (Lipinski definition) is 1. The molecule has 1 aliphatic carbocycles. The number of aromatic nitrogens is 2. The summed E-state index contributed by atoms with van der Waals surface area (Å²) in [5, 5.41) is 0.0991. The van der Waals surface area contributed by atoms with Crippen molar-refractivity contribution in [3.63, 3.8) is 0 Å². The summed E-state index contributed by atoms with van der Waals surface area (Å²) in [5.74, 6) is 0.435. The average molecular weight is 300 g/mol. The summed E-state index contributed by atoms with van der Waals surface area (Å²) in [4.78, 5) is 6.15. The Kier molecular flexibility index (Phi) is 4.82. The first-order chi connectivity index (χ1) is 9.38. The smallest absolute Gasteiger partial charge is 0.259 e. The van der Waals surface area contributed by atoms with E-state index in [0.29, 0.717) is 18.5 Å². The van der Waals surface area contributed by atoms with Crippen LogP contribution in [0.4, 0.5) is 0 Å². The van der Waals surface area contributed by atoms with Crippen LogP contribution < -0.4 is 4.72 Å². The molecule has 1 aliphatic rings.